The molecule has 0 bridgehead atoms. The van der Waals surface area contributed by atoms with Crippen LogP contribution in [0.3, 0.4) is 0 Å². The Morgan fingerprint density at radius 1 is 1.06 bits per heavy atom. The zero-order valence-electron chi connectivity index (χ0n) is 28.8. The molecule has 1 aromatic carbocycles. The van der Waals surface area contributed by atoms with Crippen molar-refractivity contribution in [2.45, 2.75) is 116 Å². The molecule has 0 unspecified atom stereocenters. The van der Waals surface area contributed by atoms with Crippen molar-refractivity contribution in [2.24, 2.45) is 46.3 Å². The molecular weight excluding hydrogens is 623 g/mol. The van der Waals surface area contributed by atoms with E-state index in [4.69, 9.17) is 9.47 Å². The summed E-state index contributed by atoms with van der Waals surface area (Å²) < 4.78 is 52.4. The number of aliphatic hydroxyl groups is 1. The lowest BCUT2D eigenvalue weighted by atomic mass is 9.42. The maximum atomic E-state index is 13.3. The summed E-state index contributed by atoms with van der Waals surface area (Å²) in [5.74, 6) is 1.37. The van der Waals surface area contributed by atoms with Gasteiger partial charge in [0.15, 0.2) is 5.69 Å². The summed E-state index contributed by atoms with van der Waals surface area (Å²) in [6.07, 6.45) is 5.71. The highest BCUT2D eigenvalue weighted by Crippen LogP contribution is 2.69. The number of benzene rings is 1. The molecule has 11 heteroatoms. The SMILES string of the molecule is COC(=O)c1cn(CCC[C@@H](C)[C@H]2CC[C@H]3[C@@H]4[C@H](OC(C)=O)C[C@@H]5C[C@](O)(c6ccc(C(F)(F)F)cc6)CC[C@]5(C)[C@H]4CC[C@]23C)nn1. The molecule has 4 aliphatic rings. The highest BCUT2D eigenvalue weighted by atomic mass is 19.4. The van der Waals surface area contributed by atoms with Crippen LogP contribution in [-0.4, -0.2) is 45.3 Å². The predicted octanol–water partition coefficient (Wildman–Crippen LogP) is 7.59. The van der Waals surface area contributed by atoms with Crippen LogP contribution in [0.25, 0.3) is 0 Å². The van der Waals surface area contributed by atoms with E-state index in [1.54, 1.807) is 10.9 Å². The topological polar surface area (TPSA) is 104 Å². The highest BCUT2D eigenvalue weighted by molar-refractivity contribution is 5.86. The van der Waals surface area contributed by atoms with Crippen molar-refractivity contribution in [2.75, 3.05) is 7.11 Å². The first-order chi connectivity index (χ1) is 22.6. The van der Waals surface area contributed by atoms with Gasteiger partial charge in [0.1, 0.15) is 6.10 Å². The Bertz CT molecular complexity index is 1500. The maximum absolute atomic E-state index is 13.3. The van der Waals surface area contributed by atoms with Crippen molar-refractivity contribution < 1.29 is 37.3 Å². The van der Waals surface area contributed by atoms with Gasteiger partial charge in [0.05, 0.1) is 24.5 Å². The first-order valence-corrected chi connectivity index (χ1v) is 17.6. The zero-order chi connectivity index (χ0) is 34.6. The minimum atomic E-state index is -4.43. The average Bonchev–Trinajstić information content (AvgIpc) is 3.65. The molecule has 0 radical (unpaired) electrons. The fourth-order valence-electron chi connectivity index (χ4n) is 11.1. The predicted molar refractivity (Wildman–Crippen MR) is 171 cm³/mol. The molecule has 4 saturated carbocycles. The lowest BCUT2D eigenvalue weighted by Gasteiger charge is -2.63. The van der Waals surface area contributed by atoms with E-state index in [2.05, 4.69) is 31.1 Å². The second-order valence-corrected chi connectivity index (χ2v) is 15.9. The number of rotatable bonds is 8. The van der Waals surface area contributed by atoms with Crippen LogP contribution in [0, 0.1) is 46.3 Å². The van der Waals surface area contributed by atoms with Crippen LogP contribution in [0.4, 0.5) is 13.2 Å². The molecule has 10 atom stereocenters. The molecule has 2 aromatic rings. The van der Waals surface area contributed by atoms with Gasteiger partial charge in [0, 0.05) is 19.4 Å². The number of fused-ring (bicyclic) bond motifs is 5. The Labute approximate surface area is 281 Å². The summed E-state index contributed by atoms with van der Waals surface area (Å²) in [5, 5.41) is 19.9. The number of ether oxygens (including phenoxy) is 2. The lowest BCUT2D eigenvalue weighted by Crippen LogP contribution is -2.60. The van der Waals surface area contributed by atoms with Crippen molar-refractivity contribution in [3.05, 3.63) is 47.3 Å². The second-order valence-electron chi connectivity index (χ2n) is 15.9. The molecule has 4 fully saturated rings. The van der Waals surface area contributed by atoms with E-state index in [9.17, 15) is 27.9 Å². The average molecular weight is 674 g/mol. The molecule has 1 aromatic heterocycles. The third kappa shape index (κ3) is 6.17. The van der Waals surface area contributed by atoms with Crippen LogP contribution in [0.5, 0.6) is 0 Å². The van der Waals surface area contributed by atoms with Crippen molar-refractivity contribution in [1.29, 1.82) is 0 Å². The molecule has 48 heavy (non-hydrogen) atoms. The van der Waals surface area contributed by atoms with E-state index in [1.165, 1.54) is 26.2 Å². The molecule has 4 aliphatic carbocycles. The number of hydrogen-bond donors (Lipinski definition) is 1. The van der Waals surface area contributed by atoms with Gasteiger partial charge in [-0.25, -0.2) is 4.79 Å². The van der Waals surface area contributed by atoms with E-state index in [-0.39, 0.29) is 40.4 Å². The summed E-state index contributed by atoms with van der Waals surface area (Å²) in [4.78, 5) is 24.3. The summed E-state index contributed by atoms with van der Waals surface area (Å²) in [5.41, 5.74) is -1.12. The van der Waals surface area contributed by atoms with Crippen LogP contribution >= 0.6 is 0 Å². The van der Waals surface area contributed by atoms with Gasteiger partial charge >= 0.3 is 18.1 Å². The third-order valence-corrected chi connectivity index (χ3v) is 13.5. The van der Waals surface area contributed by atoms with Gasteiger partial charge in [-0.1, -0.05) is 38.1 Å². The Kier molecular flexibility index (Phi) is 9.26. The number of halogens is 3. The Morgan fingerprint density at radius 3 is 2.44 bits per heavy atom. The largest absolute Gasteiger partial charge is 0.464 e. The van der Waals surface area contributed by atoms with Crippen LogP contribution < -0.4 is 0 Å². The number of nitrogens with zero attached hydrogens (tertiary/aromatic N) is 3. The van der Waals surface area contributed by atoms with E-state index in [0.717, 1.165) is 57.1 Å². The van der Waals surface area contributed by atoms with Crippen LogP contribution in [0.15, 0.2) is 30.5 Å². The van der Waals surface area contributed by atoms with Gasteiger partial charge in [0.25, 0.3) is 0 Å². The molecule has 264 valence electrons. The lowest BCUT2D eigenvalue weighted by molar-refractivity contribution is -0.204. The minimum absolute atomic E-state index is 0.0503. The minimum Gasteiger partial charge on any atom is -0.464 e. The molecule has 0 amide bonds. The smallest absolute Gasteiger partial charge is 0.416 e. The molecule has 0 aliphatic heterocycles. The summed E-state index contributed by atoms with van der Waals surface area (Å²) in [6.45, 7) is 9.34. The Balaban J connectivity index is 1.17. The number of carbonyl (C=O) groups excluding carboxylic acids is 2. The summed E-state index contributed by atoms with van der Waals surface area (Å²) in [7, 11) is 1.33. The molecule has 0 spiro atoms. The van der Waals surface area contributed by atoms with Crippen molar-refractivity contribution in [3.63, 3.8) is 0 Å². The fourth-order valence-corrected chi connectivity index (χ4v) is 11.1. The highest BCUT2D eigenvalue weighted by Gasteiger charge is 2.64. The van der Waals surface area contributed by atoms with Gasteiger partial charge in [0.2, 0.25) is 0 Å². The summed E-state index contributed by atoms with van der Waals surface area (Å²) in [6, 6.07) is 4.99. The first kappa shape index (κ1) is 34.9. The number of methoxy groups -OCH3 is 1. The number of hydrogen-bond acceptors (Lipinski definition) is 7. The van der Waals surface area contributed by atoms with Crippen molar-refractivity contribution >= 4 is 11.9 Å². The standard InChI is InChI=1S/C37H50F3N3O5/c1-22(7-6-18-43-21-30(41-42-43)33(45)47-5)27-12-13-28-32-29(14-15-35(27,28)4)34(3)16-17-36(46,20-26(34)19-31(32)48-23(2)44)24-8-10-25(11-9-24)37(38,39)40/h8-11,21-22,26-29,31-32,46H,6-7,12-20H2,1-5H3/t22-,26-,27-,28+,29+,31-,32+,34+,35-,36+/m1/s1. The normalized spacial score (nSPS) is 36.8. The van der Waals surface area contributed by atoms with Crippen LogP contribution in [0.2, 0.25) is 0 Å². The molecular formula is C37H50F3N3O5. The fraction of sp³-hybridized carbons (Fsp3) is 0.730. The van der Waals surface area contributed by atoms with Crippen molar-refractivity contribution in [3.8, 4) is 0 Å². The van der Waals surface area contributed by atoms with Gasteiger partial charge in [-0.3, -0.25) is 9.48 Å². The van der Waals surface area contributed by atoms with Gasteiger partial charge in [-0.15, -0.1) is 5.10 Å². The van der Waals surface area contributed by atoms with Gasteiger partial charge in [-0.2, -0.15) is 13.2 Å². The van der Waals surface area contributed by atoms with Crippen LogP contribution in [-0.2, 0) is 32.6 Å². The molecule has 6 rings (SSSR count). The molecule has 1 heterocycles. The number of carbonyl (C=O) groups is 2. The molecule has 8 nitrogen and oxygen atoms in total. The number of alkyl halides is 3. The molecule has 1 N–H and O–H groups in total. The third-order valence-electron chi connectivity index (χ3n) is 13.5. The zero-order valence-corrected chi connectivity index (χ0v) is 28.8. The van der Waals surface area contributed by atoms with E-state index >= 15 is 0 Å². The quantitative estimate of drug-likeness (QED) is 0.288. The van der Waals surface area contributed by atoms with Crippen LogP contribution in [0.1, 0.15) is 114 Å². The van der Waals surface area contributed by atoms with Gasteiger partial charge < -0.3 is 14.6 Å². The molecule has 0 saturated heterocycles. The first-order valence-electron chi connectivity index (χ1n) is 17.6. The monoisotopic (exact) mass is 673 g/mol. The van der Waals surface area contributed by atoms with E-state index in [1.807, 2.05) is 0 Å². The number of esters is 2. The van der Waals surface area contributed by atoms with E-state index in [0.29, 0.717) is 55.0 Å². The Hall–Kier alpha value is -2.95. The van der Waals surface area contributed by atoms with E-state index < -0.39 is 23.3 Å². The van der Waals surface area contributed by atoms with Gasteiger partial charge in [-0.05, 0) is 122 Å². The van der Waals surface area contributed by atoms with Crippen molar-refractivity contribution in [1.82, 2.24) is 15.0 Å². The maximum Gasteiger partial charge on any atom is 0.416 e. The number of aryl methyl sites for hydroxylation is 1. The second kappa shape index (κ2) is 12.7. The summed E-state index contributed by atoms with van der Waals surface area (Å²) >= 11 is 0. The Morgan fingerprint density at radius 2 is 1.77 bits per heavy atom. The number of aromatic nitrogens is 3.